The molecule has 31 heavy (non-hydrogen) atoms. The molecule has 0 aromatic carbocycles. The molecule has 0 rings (SSSR count). The minimum atomic E-state index is 0.0379. The molecule has 0 fully saturated rings. The lowest BCUT2D eigenvalue weighted by atomic mass is 10.00. The number of carbonyl (C=O) groups excluding carboxylic acids is 1. The van der Waals surface area contributed by atoms with Gasteiger partial charge in [0.05, 0.1) is 12.5 Å². The van der Waals surface area contributed by atoms with Crippen molar-refractivity contribution in [3.05, 3.63) is 0 Å². The minimum absolute atomic E-state index is 0.0379. The van der Waals surface area contributed by atoms with Gasteiger partial charge in [0.1, 0.15) is 0 Å². The third kappa shape index (κ3) is 22.4. The first-order valence-corrected chi connectivity index (χ1v) is 13.9. The standard InChI is InChI=1S/C28H57NO2/c1-5-7-24-27(6-2)28(30)31-26-23-21-19-17-15-13-11-9-8-10-12-14-16-18-20-22-25-29(3)4/h27H,5-26H2,1-4H3. The number of hydrogen-bond donors (Lipinski definition) is 0. The van der Waals surface area contributed by atoms with Gasteiger partial charge in [-0.05, 0) is 46.3 Å². The Kier molecular flexibility index (Phi) is 23.6. The van der Waals surface area contributed by atoms with E-state index >= 15 is 0 Å². The molecule has 0 amide bonds. The van der Waals surface area contributed by atoms with Gasteiger partial charge in [-0.2, -0.15) is 0 Å². The molecule has 0 aliphatic carbocycles. The van der Waals surface area contributed by atoms with Crippen molar-refractivity contribution in [2.45, 2.75) is 142 Å². The van der Waals surface area contributed by atoms with Gasteiger partial charge < -0.3 is 9.64 Å². The van der Waals surface area contributed by atoms with Gasteiger partial charge in [-0.1, -0.05) is 117 Å². The molecule has 0 aliphatic rings. The van der Waals surface area contributed by atoms with E-state index in [1.807, 2.05) is 0 Å². The van der Waals surface area contributed by atoms with Crippen LogP contribution in [-0.2, 0) is 9.53 Å². The number of rotatable bonds is 24. The summed E-state index contributed by atoms with van der Waals surface area (Å²) < 4.78 is 5.48. The van der Waals surface area contributed by atoms with E-state index < -0.39 is 0 Å². The third-order valence-corrected chi connectivity index (χ3v) is 6.48. The van der Waals surface area contributed by atoms with Crippen molar-refractivity contribution < 1.29 is 9.53 Å². The highest BCUT2D eigenvalue weighted by molar-refractivity contribution is 5.72. The van der Waals surface area contributed by atoms with Crippen LogP contribution in [0.2, 0.25) is 0 Å². The maximum Gasteiger partial charge on any atom is 0.308 e. The second kappa shape index (κ2) is 24.1. The SMILES string of the molecule is CCCCC(CC)C(=O)OCCCCCCCCCCCCCCCCCCN(C)C. The number of hydrogen-bond acceptors (Lipinski definition) is 3. The Morgan fingerprint density at radius 1 is 0.645 bits per heavy atom. The first-order chi connectivity index (χ1) is 15.1. The van der Waals surface area contributed by atoms with Crippen LogP contribution in [0.1, 0.15) is 142 Å². The molecule has 186 valence electrons. The van der Waals surface area contributed by atoms with E-state index in [-0.39, 0.29) is 11.9 Å². The Morgan fingerprint density at radius 3 is 1.45 bits per heavy atom. The molecule has 0 spiro atoms. The quantitative estimate of drug-likeness (QED) is 0.111. The molecule has 0 aliphatic heterocycles. The molecule has 0 aromatic rings. The van der Waals surface area contributed by atoms with Crippen LogP contribution in [0.5, 0.6) is 0 Å². The zero-order chi connectivity index (χ0) is 23.0. The van der Waals surface area contributed by atoms with Crippen molar-refractivity contribution in [1.29, 1.82) is 0 Å². The molecular formula is C28H57NO2. The van der Waals surface area contributed by atoms with E-state index in [4.69, 9.17) is 4.74 Å². The van der Waals surface area contributed by atoms with Gasteiger partial charge in [0, 0.05) is 0 Å². The average Bonchev–Trinajstić information content (AvgIpc) is 2.75. The number of esters is 1. The number of carbonyl (C=O) groups is 1. The van der Waals surface area contributed by atoms with Crippen molar-refractivity contribution >= 4 is 5.97 Å². The maximum atomic E-state index is 12.0. The normalized spacial score (nSPS) is 12.4. The van der Waals surface area contributed by atoms with Gasteiger partial charge in [-0.25, -0.2) is 0 Å². The summed E-state index contributed by atoms with van der Waals surface area (Å²) in [7, 11) is 4.33. The van der Waals surface area contributed by atoms with E-state index in [1.165, 1.54) is 103 Å². The average molecular weight is 440 g/mol. The summed E-state index contributed by atoms with van der Waals surface area (Å²) in [5.41, 5.74) is 0. The Morgan fingerprint density at radius 2 is 1.06 bits per heavy atom. The lowest BCUT2D eigenvalue weighted by Crippen LogP contribution is -2.17. The van der Waals surface area contributed by atoms with Crippen LogP contribution in [0.15, 0.2) is 0 Å². The molecule has 0 saturated carbocycles. The van der Waals surface area contributed by atoms with E-state index in [0.29, 0.717) is 6.61 Å². The largest absolute Gasteiger partial charge is 0.465 e. The van der Waals surface area contributed by atoms with Crippen molar-refractivity contribution in [3.63, 3.8) is 0 Å². The van der Waals surface area contributed by atoms with Gasteiger partial charge in [0.25, 0.3) is 0 Å². The molecule has 0 N–H and O–H groups in total. The highest BCUT2D eigenvalue weighted by Gasteiger charge is 2.16. The zero-order valence-electron chi connectivity index (χ0n) is 21.9. The van der Waals surface area contributed by atoms with Crippen LogP contribution in [0.25, 0.3) is 0 Å². The summed E-state index contributed by atoms with van der Waals surface area (Å²) in [6.45, 7) is 6.14. The third-order valence-electron chi connectivity index (χ3n) is 6.48. The summed E-state index contributed by atoms with van der Waals surface area (Å²) in [6, 6.07) is 0. The van der Waals surface area contributed by atoms with Gasteiger partial charge in [0.15, 0.2) is 0 Å². The second-order valence-electron chi connectivity index (χ2n) is 9.88. The summed E-state index contributed by atoms with van der Waals surface area (Å²) in [4.78, 5) is 14.3. The number of ether oxygens (including phenoxy) is 1. The Labute approximate surface area is 196 Å². The van der Waals surface area contributed by atoms with Crippen LogP contribution in [-0.4, -0.2) is 38.1 Å². The van der Waals surface area contributed by atoms with Gasteiger partial charge >= 0.3 is 5.97 Å². The number of nitrogens with zero attached hydrogens (tertiary/aromatic N) is 1. The maximum absolute atomic E-state index is 12.0. The lowest BCUT2D eigenvalue weighted by Gasteiger charge is -2.13. The Bertz CT molecular complexity index is 370. The highest BCUT2D eigenvalue weighted by atomic mass is 16.5. The van der Waals surface area contributed by atoms with E-state index in [2.05, 4.69) is 32.8 Å². The highest BCUT2D eigenvalue weighted by Crippen LogP contribution is 2.16. The fraction of sp³-hybridized carbons (Fsp3) is 0.964. The first kappa shape index (κ1) is 30.4. The second-order valence-corrected chi connectivity index (χ2v) is 9.88. The van der Waals surface area contributed by atoms with E-state index in [0.717, 1.165) is 32.1 Å². The molecule has 0 radical (unpaired) electrons. The molecule has 3 heteroatoms. The topological polar surface area (TPSA) is 29.5 Å². The van der Waals surface area contributed by atoms with Crippen LogP contribution in [0.4, 0.5) is 0 Å². The van der Waals surface area contributed by atoms with Crippen molar-refractivity contribution in [1.82, 2.24) is 4.90 Å². The molecule has 0 saturated heterocycles. The van der Waals surface area contributed by atoms with Crippen molar-refractivity contribution in [2.75, 3.05) is 27.2 Å². The first-order valence-electron chi connectivity index (χ1n) is 13.9. The Hall–Kier alpha value is -0.570. The fourth-order valence-electron chi connectivity index (χ4n) is 4.23. The van der Waals surface area contributed by atoms with Gasteiger partial charge in [-0.15, -0.1) is 0 Å². The molecule has 0 aromatic heterocycles. The minimum Gasteiger partial charge on any atom is -0.465 e. The lowest BCUT2D eigenvalue weighted by molar-refractivity contribution is -0.149. The molecule has 0 heterocycles. The van der Waals surface area contributed by atoms with Crippen molar-refractivity contribution in [2.24, 2.45) is 5.92 Å². The van der Waals surface area contributed by atoms with Crippen LogP contribution >= 0.6 is 0 Å². The summed E-state index contributed by atoms with van der Waals surface area (Å²) in [5, 5.41) is 0. The van der Waals surface area contributed by atoms with Crippen LogP contribution in [0, 0.1) is 5.92 Å². The zero-order valence-corrected chi connectivity index (χ0v) is 21.9. The van der Waals surface area contributed by atoms with E-state index in [1.54, 1.807) is 0 Å². The summed E-state index contributed by atoms with van der Waals surface area (Å²) in [6.07, 6.45) is 26.0. The monoisotopic (exact) mass is 439 g/mol. The van der Waals surface area contributed by atoms with Crippen LogP contribution in [0.3, 0.4) is 0 Å². The van der Waals surface area contributed by atoms with Crippen molar-refractivity contribution in [3.8, 4) is 0 Å². The predicted octanol–water partition coefficient (Wildman–Crippen LogP) is 8.55. The molecule has 0 bridgehead atoms. The molecule has 1 atom stereocenters. The Balaban J connectivity index is 3.22. The van der Waals surface area contributed by atoms with Gasteiger partial charge in [-0.3, -0.25) is 4.79 Å². The molecule has 1 unspecified atom stereocenters. The predicted molar refractivity (Wildman–Crippen MR) is 137 cm³/mol. The summed E-state index contributed by atoms with van der Waals surface area (Å²) >= 11 is 0. The van der Waals surface area contributed by atoms with Crippen LogP contribution < -0.4 is 0 Å². The van der Waals surface area contributed by atoms with E-state index in [9.17, 15) is 4.79 Å². The molecule has 3 nitrogen and oxygen atoms in total. The molecular weight excluding hydrogens is 382 g/mol. The van der Waals surface area contributed by atoms with Gasteiger partial charge in [0.2, 0.25) is 0 Å². The summed E-state index contributed by atoms with van der Waals surface area (Å²) in [5.74, 6) is 0.161. The fourth-order valence-corrected chi connectivity index (χ4v) is 4.23. The smallest absolute Gasteiger partial charge is 0.308 e. The number of unbranched alkanes of at least 4 members (excludes halogenated alkanes) is 16.